The van der Waals surface area contributed by atoms with Crippen LogP contribution < -0.4 is 4.90 Å². The number of amides is 2. The zero-order chi connectivity index (χ0) is 18.0. The Labute approximate surface area is 147 Å². The van der Waals surface area contributed by atoms with E-state index in [2.05, 4.69) is 9.64 Å². The molecule has 0 N–H and O–H groups in total. The van der Waals surface area contributed by atoms with Crippen LogP contribution in [0, 0.1) is 5.92 Å². The molecule has 1 aromatic carbocycles. The largest absolute Gasteiger partial charge is 0.465 e. The SMILES string of the molecule is COC(=O)c1ccc(N2CC(C(=O)N3CCN(C)CC3)CC2=O)cc1. The third-order valence-corrected chi connectivity index (χ3v) is 4.89. The second-order valence-electron chi connectivity index (χ2n) is 6.57. The molecule has 0 spiro atoms. The molecule has 0 bridgehead atoms. The van der Waals surface area contributed by atoms with Crippen LogP contribution in [-0.4, -0.2) is 74.5 Å². The second-order valence-corrected chi connectivity index (χ2v) is 6.57. The highest BCUT2D eigenvalue weighted by Gasteiger charge is 2.37. The molecule has 0 saturated carbocycles. The minimum Gasteiger partial charge on any atom is -0.465 e. The van der Waals surface area contributed by atoms with Gasteiger partial charge in [0.2, 0.25) is 11.8 Å². The number of anilines is 1. The summed E-state index contributed by atoms with van der Waals surface area (Å²) in [5.41, 5.74) is 1.13. The number of carbonyl (C=O) groups excluding carboxylic acids is 3. The Morgan fingerprint density at radius 2 is 1.72 bits per heavy atom. The number of esters is 1. The Morgan fingerprint density at radius 3 is 2.32 bits per heavy atom. The summed E-state index contributed by atoms with van der Waals surface area (Å²) in [6, 6.07) is 6.69. The van der Waals surface area contributed by atoms with Crippen molar-refractivity contribution in [3.05, 3.63) is 29.8 Å². The molecule has 25 heavy (non-hydrogen) atoms. The lowest BCUT2D eigenvalue weighted by Crippen LogP contribution is -2.49. The van der Waals surface area contributed by atoms with Gasteiger partial charge in [-0.15, -0.1) is 0 Å². The molecule has 1 unspecified atom stereocenters. The second kappa shape index (κ2) is 7.23. The molecule has 2 saturated heterocycles. The molecule has 7 nitrogen and oxygen atoms in total. The quantitative estimate of drug-likeness (QED) is 0.751. The maximum absolute atomic E-state index is 12.7. The molecular formula is C18H23N3O4. The van der Waals surface area contributed by atoms with Crippen LogP contribution in [0.4, 0.5) is 5.69 Å². The van der Waals surface area contributed by atoms with Gasteiger partial charge in [0.05, 0.1) is 18.6 Å². The van der Waals surface area contributed by atoms with E-state index in [-0.39, 0.29) is 24.2 Å². The van der Waals surface area contributed by atoms with E-state index >= 15 is 0 Å². The molecule has 2 heterocycles. The zero-order valence-electron chi connectivity index (χ0n) is 14.6. The Balaban J connectivity index is 1.66. The number of benzene rings is 1. The van der Waals surface area contributed by atoms with Crippen LogP contribution in [0.15, 0.2) is 24.3 Å². The van der Waals surface area contributed by atoms with Gasteiger partial charge in [-0.25, -0.2) is 4.79 Å². The first-order chi connectivity index (χ1) is 12.0. The van der Waals surface area contributed by atoms with Crippen LogP contribution >= 0.6 is 0 Å². The lowest BCUT2D eigenvalue weighted by Gasteiger charge is -2.33. The van der Waals surface area contributed by atoms with Crippen LogP contribution in [0.5, 0.6) is 0 Å². The number of piperazine rings is 1. The Kier molecular flexibility index (Phi) is 5.03. The van der Waals surface area contributed by atoms with Crippen molar-refractivity contribution in [2.75, 3.05) is 51.8 Å². The van der Waals surface area contributed by atoms with Crippen LogP contribution in [0.3, 0.4) is 0 Å². The molecule has 0 aromatic heterocycles. The fourth-order valence-electron chi connectivity index (χ4n) is 3.30. The van der Waals surface area contributed by atoms with Gasteiger partial charge in [-0.3, -0.25) is 9.59 Å². The van der Waals surface area contributed by atoms with E-state index in [0.29, 0.717) is 30.9 Å². The summed E-state index contributed by atoms with van der Waals surface area (Å²) in [6.07, 6.45) is 0.240. The molecule has 2 fully saturated rings. The van der Waals surface area contributed by atoms with Crippen molar-refractivity contribution < 1.29 is 19.1 Å². The van der Waals surface area contributed by atoms with Crippen molar-refractivity contribution in [3.63, 3.8) is 0 Å². The molecule has 0 aliphatic carbocycles. The first-order valence-corrected chi connectivity index (χ1v) is 8.45. The number of nitrogens with zero attached hydrogens (tertiary/aromatic N) is 3. The maximum atomic E-state index is 12.7. The van der Waals surface area contributed by atoms with Gasteiger partial charge in [-0.2, -0.15) is 0 Å². The molecule has 134 valence electrons. The van der Waals surface area contributed by atoms with Crippen molar-refractivity contribution in [2.45, 2.75) is 6.42 Å². The highest BCUT2D eigenvalue weighted by atomic mass is 16.5. The van der Waals surface area contributed by atoms with Crippen LogP contribution in [0.2, 0.25) is 0 Å². The number of carbonyl (C=O) groups is 3. The van der Waals surface area contributed by atoms with Gasteiger partial charge in [-0.05, 0) is 31.3 Å². The van der Waals surface area contributed by atoms with E-state index in [9.17, 15) is 14.4 Å². The van der Waals surface area contributed by atoms with Gasteiger partial charge >= 0.3 is 5.97 Å². The monoisotopic (exact) mass is 345 g/mol. The standard InChI is InChI=1S/C18H23N3O4/c1-19-7-9-20(10-8-19)17(23)14-11-16(22)21(12-14)15-5-3-13(4-6-15)18(24)25-2/h3-6,14H,7-12H2,1-2H3. The molecule has 2 amide bonds. The number of rotatable bonds is 3. The molecule has 2 aliphatic rings. The minimum atomic E-state index is -0.414. The molecule has 1 aromatic rings. The predicted octanol–water partition coefficient (Wildman–Crippen LogP) is 0.600. The third kappa shape index (κ3) is 3.66. The van der Waals surface area contributed by atoms with Crippen LogP contribution in [-0.2, 0) is 14.3 Å². The number of methoxy groups -OCH3 is 1. The minimum absolute atomic E-state index is 0.0571. The Hall–Kier alpha value is -2.41. The summed E-state index contributed by atoms with van der Waals surface area (Å²) >= 11 is 0. The topological polar surface area (TPSA) is 70.2 Å². The third-order valence-electron chi connectivity index (χ3n) is 4.89. The van der Waals surface area contributed by atoms with E-state index in [1.165, 1.54) is 7.11 Å². The van der Waals surface area contributed by atoms with E-state index in [1.54, 1.807) is 29.2 Å². The molecule has 2 aliphatic heterocycles. The molecule has 7 heteroatoms. The van der Waals surface area contributed by atoms with E-state index in [1.807, 2.05) is 11.9 Å². The first-order valence-electron chi connectivity index (χ1n) is 8.45. The van der Waals surface area contributed by atoms with Gasteiger partial charge in [0.25, 0.3) is 0 Å². The summed E-state index contributed by atoms with van der Waals surface area (Å²) in [5.74, 6) is -0.702. The summed E-state index contributed by atoms with van der Waals surface area (Å²) in [5, 5.41) is 0. The zero-order valence-corrected chi connectivity index (χ0v) is 14.6. The van der Waals surface area contributed by atoms with E-state index in [4.69, 9.17) is 0 Å². The Morgan fingerprint density at radius 1 is 1.08 bits per heavy atom. The lowest BCUT2D eigenvalue weighted by molar-refractivity contribution is -0.137. The number of hydrogen-bond acceptors (Lipinski definition) is 5. The number of likely N-dealkylation sites (N-methyl/N-ethyl adjacent to an activating group) is 1. The molecule has 1 atom stereocenters. The van der Waals surface area contributed by atoms with Crippen molar-refractivity contribution in [2.24, 2.45) is 5.92 Å². The number of hydrogen-bond donors (Lipinski definition) is 0. The van der Waals surface area contributed by atoms with Gasteiger partial charge in [0.1, 0.15) is 0 Å². The van der Waals surface area contributed by atoms with Crippen LogP contribution in [0.25, 0.3) is 0 Å². The predicted molar refractivity (Wildman–Crippen MR) is 92.3 cm³/mol. The van der Waals surface area contributed by atoms with Gasteiger partial charge in [-0.1, -0.05) is 0 Å². The lowest BCUT2D eigenvalue weighted by atomic mass is 10.1. The summed E-state index contributed by atoms with van der Waals surface area (Å²) in [6.45, 7) is 3.56. The summed E-state index contributed by atoms with van der Waals surface area (Å²) in [7, 11) is 3.37. The normalized spacial score (nSPS) is 21.5. The van der Waals surface area contributed by atoms with Crippen molar-refractivity contribution in [3.8, 4) is 0 Å². The number of ether oxygens (including phenoxy) is 1. The molecule has 3 rings (SSSR count). The highest BCUT2D eigenvalue weighted by Crippen LogP contribution is 2.27. The molecule has 0 radical (unpaired) electrons. The maximum Gasteiger partial charge on any atom is 0.337 e. The van der Waals surface area contributed by atoms with Gasteiger partial charge in [0, 0.05) is 44.8 Å². The average molecular weight is 345 g/mol. The van der Waals surface area contributed by atoms with Gasteiger partial charge < -0.3 is 19.4 Å². The van der Waals surface area contributed by atoms with E-state index < -0.39 is 5.97 Å². The summed E-state index contributed by atoms with van der Waals surface area (Å²) < 4.78 is 4.67. The Bertz CT molecular complexity index is 665. The fraction of sp³-hybridized carbons (Fsp3) is 0.500. The smallest absolute Gasteiger partial charge is 0.337 e. The summed E-state index contributed by atoms with van der Waals surface area (Å²) in [4.78, 5) is 42.2. The first kappa shape index (κ1) is 17.4. The highest BCUT2D eigenvalue weighted by molar-refractivity contribution is 6.00. The van der Waals surface area contributed by atoms with E-state index in [0.717, 1.165) is 13.1 Å². The van der Waals surface area contributed by atoms with Crippen molar-refractivity contribution in [1.82, 2.24) is 9.80 Å². The molecular weight excluding hydrogens is 322 g/mol. The van der Waals surface area contributed by atoms with Crippen molar-refractivity contribution >= 4 is 23.5 Å². The van der Waals surface area contributed by atoms with Crippen LogP contribution in [0.1, 0.15) is 16.8 Å². The van der Waals surface area contributed by atoms with Gasteiger partial charge in [0.15, 0.2) is 0 Å². The fourth-order valence-corrected chi connectivity index (χ4v) is 3.30. The average Bonchev–Trinajstić information content (AvgIpc) is 3.03. The van der Waals surface area contributed by atoms with Crippen molar-refractivity contribution in [1.29, 1.82) is 0 Å².